The molecule has 1 aromatic heterocycles. The number of amides is 2. The Hall–Kier alpha value is -4.03. The first-order valence-electron chi connectivity index (χ1n) is 14.4. The Bertz CT molecular complexity index is 2060. The largest absolute Gasteiger partial charge is 0.478 e. The van der Waals surface area contributed by atoms with Crippen molar-refractivity contribution in [2.45, 2.75) is 17.1 Å². The maximum absolute atomic E-state index is 14.0. The van der Waals surface area contributed by atoms with Gasteiger partial charge in [0.1, 0.15) is 15.8 Å². The van der Waals surface area contributed by atoms with Crippen LogP contribution in [0.2, 0.25) is 20.1 Å². The van der Waals surface area contributed by atoms with Gasteiger partial charge in [0.25, 0.3) is 5.91 Å². The monoisotopic (exact) mass is 772 g/mol. The summed E-state index contributed by atoms with van der Waals surface area (Å²) in [6.07, 6.45) is 0. The summed E-state index contributed by atoms with van der Waals surface area (Å²) in [5.41, 5.74) is 1.59. The molecule has 1 atom stereocenters. The molecular weight excluding hydrogens is 750 g/mol. The molecule has 0 fully saturated rings. The van der Waals surface area contributed by atoms with E-state index < -0.39 is 45.2 Å². The van der Waals surface area contributed by atoms with Crippen molar-refractivity contribution in [1.29, 1.82) is 0 Å². The van der Waals surface area contributed by atoms with Gasteiger partial charge in [-0.2, -0.15) is 0 Å². The number of benzene rings is 4. The number of carbonyl (C=O) groups is 4. The van der Waals surface area contributed by atoms with E-state index in [0.717, 1.165) is 5.56 Å². The Kier molecular flexibility index (Phi) is 11.9. The second-order valence-electron chi connectivity index (χ2n) is 10.1. The number of hydrogen-bond donors (Lipinski definition) is 3. The molecule has 14 heteroatoms. The zero-order valence-electron chi connectivity index (χ0n) is 25.3. The molecule has 49 heavy (non-hydrogen) atoms. The highest BCUT2D eigenvalue weighted by Crippen LogP contribution is 2.43. The van der Waals surface area contributed by atoms with Gasteiger partial charge in [-0.25, -0.2) is 9.59 Å². The Labute approximate surface area is 309 Å². The average molecular weight is 775 g/mol. The van der Waals surface area contributed by atoms with E-state index in [1.807, 2.05) is 60.7 Å². The van der Waals surface area contributed by atoms with E-state index in [1.165, 1.54) is 23.1 Å². The highest BCUT2D eigenvalue weighted by molar-refractivity contribution is 8.00. The Morgan fingerprint density at radius 1 is 0.796 bits per heavy atom. The first-order chi connectivity index (χ1) is 23.5. The zero-order valence-corrected chi connectivity index (χ0v) is 29.9. The number of carboxylic acid groups (broad SMARTS) is 1. The third-order valence-corrected chi connectivity index (χ3v) is 10.9. The van der Waals surface area contributed by atoms with Crippen LogP contribution in [0.4, 0.5) is 10.7 Å². The molecule has 0 saturated heterocycles. The molecule has 4 aromatic carbocycles. The number of esters is 1. The standard InChI is InChI=1S/C35H24Cl4N2O6S2/c1-2-47-35(46)23-22(18-10-5-3-6-11-18)17-48-33(23)41-32(43)30(19-12-7-4-8-13-19)49-21-15-9-14-20(16-21)40-31(42)24-25(34(44)45)27(37)29(39)28(38)26(24)36/h3-17,30H,2H2,1H3,(H,40,42)(H,41,43)(H,44,45). The van der Waals surface area contributed by atoms with Crippen molar-refractivity contribution in [3.63, 3.8) is 0 Å². The molecule has 0 aliphatic rings. The van der Waals surface area contributed by atoms with Crippen LogP contribution in [0.5, 0.6) is 0 Å². The van der Waals surface area contributed by atoms with E-state index in [4.69, 9.17) is 51.1 Å². The molecule has 1 heterocycles. The fourth-order valence-corrected chi connectivity index (χ4v) is 7.85. The molecule has 2 amide bonds. The van der Waals surface area contributed by atoms with Crippen LogP contribution in [0.25, 0.3) is 11.1 Å². The minimum atomic E-state index is -1.52. The minimum Gasteiger partial charge on any atom is -0.478 e. The van der Waals surface area contributed by atoms with Crippen molar-refractivity contribution < 1.29 is 29.0 Å². The van der Waals surface area contributed by atoms with E-state index in [2.05, 4.69) is 10.6 Å². The van der Waals surface area contributed by atoms with Crippen LogP contribution in [-0.4, -0.2) is 35.5 Å². The maximum Gasteiger partial charge on any atom is 0.341 e. The summed E-state index contributed by atoms with van der Waals surface area (Å²) in [5, 5.41) is 15.3. The lowest BCUT2D eigenvalue weighted by atomic mass is 10.0. The van der Waals surface area contributed by atoms with Crippen LogP contribution in [0, 0.1) is 0 Å². The van der Waals surface area contributed by atoms with E-state index in [0.29, 0.717) is 21.0 Å². The highest BCUT2D eigenvalue weighted by atomic mass is 35.5. The molecule has 0 saturated carbocycles. The first kappa shape index (κ1) is 36.3. The number of thioether (sulfide) groups is 1. The van der Waals surface area contributed by atoms with Gasteiger partial charge in [-0.1, -0.05) is 113 Å². The second-order valence-corrected chi connectivity index (χ2v) is 13.7. The van der Waals surface area contributed by atoms with Crippen molar-refractivity contribution in [2.24, 2.45) is 0 Å². The summed E-state index contributed by atoms with van der Waals surface area (Å²) in [6, 6.07) is 25.0. The molecule has 5 aromatic rings. The molecule has 5 rings (SSSR count). The number of aromatic carboxylic acids is 1. The summed E-state index contributed by atoms with van der Waals surface area (Å²) in [7, 11) is 0. The van der Waals surface area contributed by atoms with Crippen LogP contribution >= 0.6 is 69.5 Å². The molecule has 0 aliphatic carbocycles. The second kappa shape index (κ2) is 16.1. The highest BCUT2D eigenvalue weighted by Gasteiger charge is 2.30. The number of carbonyl (C=O) groups excluding carboxylic acids is 3. The summed E-state index contributed by atoms with van der Waals surface area (Å²) in [6.45, 7) is 1.87. The molecule has 0 radical (unpaired) electrons. The number of rotatable bonds is 11. The molecule has 0 bridgehead atoms. The third-order valence-electron chi connectivity index (χ3n) is 6.99. The molecule has 8 nitrogen and oxygen atoms in total. The Morgan fingerprint density at radius 3 is 2.06 bits per heavy atom. The van der Waals surface area contributed by atoms with Crippen LogP contribution in [-0.2, 0) is 9.53 Å². The lowest BCUT2D eigenvalue weighted by Crippen LogP contribution is -2.20. The maximum atomic E-state index is 14.0. The molecule has 250 valence electrons. The van der Waals surface area contributed by atoms with Gasteiger partial charge in [0.2, 0.25) is 5.91 Å². The average Bonchev–Trinajstić information content (AvgIpc) is 3.52. The van der Waals surface area contributed by atoms with Crippen molar-refractivity contribution in [2.75, 3.05) is 17.2 Å². The van der Waals surface area contributed by atoms with Crippen molar-refractivity contribution >= 4 is 104 Å². The van der Waals surface area contributed by atoms with E-state index >= 15 is 0 Å². The number of anilines is 2. The number of ether oxygens (including phenoxy) is 1. The quantitative estimate of drug-likeness (QED) is 0.0529. The molecule has 0 aliphatic heterocycles. The summed E-state index contributed by atoms with van der Waals surface area (Å²) < 4.78 is 5.35. The summed E-state index contributed by atoms with van der Waals surface area (Å²) in [5.74, 6) is -3.37. The Balaban J connectivity index is 1.45. The molecule has 3 N–H and O–H groups in total. The SMILES string of the molecule is CCOC(=O)c1c(-c2ccccc2)csc1NC(=O)C(Sc1cccc(NC(=O)c2c(Cl)c(Cl)c(Cl)c(Cl)c2C(=O)O)c1)c1ccccc1. The number of carboxylic acids is 1. The van der Waals surface area contributed by atoms with Gasteiger partial charge < -0.3 is 20.5 Å². The fraction of sp³-hybridized carbons (Fsp3) is 0.0857. The normalized spacial score (nSPS) is 11.4. The number of nitrogens with one attached hydrogen (secondary N) is 2. The van der Waals surface area contributed by atoms with Gasteiger partial charge in [-0.3, -0.25) is 9.59 Å². The van der Waals surface area contributed by atoms with Crippen LogP contribution in [0.15, 0.2) is 95.2 Å². The van der Waals surface area contributed by atoms with Crippen LogP contribution in [0.1, 0.15) is 48.8 Å². The number of halogens is 4. The van der Waals surface area contributed by atoms with Gasteiger partial charge in [-0.05, 0) is 36.2 Å². The van der Waals surface area contributed by atoms with E-state index in [-0.39, 0.29) is 32.9 Å². The topological polar surface area (TPSA) is 122 Å². The van der Waals surface area contributed by atoms with Gasteiger partial charge in [-0.15, -0.1) is 23.1 Å². The van der Waals surface area contributed by atoms with Gasteiger partial charge in [0.05, 0.1) is 37.8 Å². The summed E-state index contributed by atoms with van der Waals surface area (Å²) in [4.78, 5) is 53.1. The van der Waals surface area contributed by atoms with Crippen LogP contribution < -0.4 is 10.6 Å². The lowest BCUT2D eigenvalue weighted by molar-refractivity contribution is -0.115. The van der Waals surface area contributed by atoms with Crippen molar-refractivity contribution in [3.8, 4) is 11.1 Å². The van der Waals surface area contributed by atoms with E-state index in [9.17, 15) is 24.3 Å². The lowest BCUT2D eigenvalue weighted by Gasteiger charge is -2.18. The predicted molar refractivity (Wildman–Crippen MR) is 197 cm³/mol. The number of thiophene rings is 1. The minimum absolute atomic E-state index is 0.160. The molecule has 0 spiro atoms. The van der Waals surface area contributed by atoms with Crippen molar-refractivity contribution in [3.05, 3.63) is 133 Å². The molecule has 1 unspecified atom stereocenters. The van der Waals surface area contributed by atoms with Gasteiger partial charge in [0, 0.05) is 21.5 Å². The Morgan fingerprint density at radius 2 is 1.43 bits per heavy atom. The van der Waals surface area contributed by atoms with Crippen LogP contribution in [0.3, 0.4) is 0 Å². The number of hydrogen-bond acceptors (Lipinski definition) is 7. The van der Waals surface area contributed by atoms with Crippen molar-refractivity contribution in [1.82, 2.24) is 0 Å². The van der Waals surface area contributed by atoms with Gasteiger partial charge >= 0.3 is 11.9 Å². The fourth-order valence-electron chi connectivity index (χ4n) is 4.79. The first-order valence-corrected chi connectivity index (χ1v) is 17.7. The van der Waals surface area contributed by atoms with Gasteiger partial charge in [0.15, 0.2) is 0 Å². The third kappa shape index (κ3) is 8.07. The summed E-state index contributed by atoms with van der Waals surface area (Å²) >= 11 is 27.0. The molecular formula is C35H24Cl4N2O6S2. The smallest absolute Gasteiger partial charge is 0.341 e. The van der Waals surface area contributed by atoms with E-state index in [1.54, 1.807) is 36.6 Å². The predicted octanol–water partition coefficient (Wildman–Crippen LogP) is 10.6. The zero-order chi connectivity index (χ0) is 35.2.